The van der Waals surface area contributed by atoms with Gasteiger partial charge in [-0.15, -0.1) is 0 Å². The average Bonchev–Trinajstić information content (AvgIpc) is 2.76. The summed E-state index contributed by atoms with van der Waals surface area (Å²) in [5, 5.41) is 0. The highest BCUT2D eigenvalue weighted by molar-refractivity contribution is 5.78. The topological polar surface area (TPSA) is 55.6 Å². The van der Waals surface area contributed by atoms with Gasteiger partial charge < -0.3 is 15.4 Å². The van der Waals surface area contributed by atoms with Crippen LogP contribution in [0.2, 0.25) is 0 Å². The van der Waals surface area contributed by atoms with E-state index in [0.29, 0.717) is 13.1 Å². The molecular formula is C14H28N2O2. The van der Waals surface area contributed by atoms with Gasteiger partial charge in [-0.3, -0.25) is 4.79 Å². The minimum absolute atomic E-state index is 0.0728. The summed E-state index contributed by atoms with van der Waals surface area (Å²) in [4.78, 5) is 14.1. The number of nitrogens with zero attached hydrogens (tertiary/aromatic N) is 1. The van der Waals surface area contributed by atoms with Crippen molar-refractivity contribution < 1.29 is 9.53 Å². The maximum atomic E-state index is 12.3. The molecule has 2 unspecified atom stereocenters. The van der Waals surface area contributed by atoms with Crippen LogP contribution < -0.4 is 5.73 Å². The maximum Gasteiger partial charge on any atom is 0.226 e. The van der Waals surface area contributed by atoms with Crippen LogP contribution in [0.3, 0.4) is 0 Å². The number of ether oxygens (including phenoxy) is 1. The van der Waals surface area contributed by atoms with Crippen LogP contribution in [0.1, 0.15) is 40.0 Å². The summed E-state index contributed by atoms with van der Waals surface area (Å²) in [5.74, 6) is 0.0827. The molecule has 2 atom stereocenters. The van der Waals surface area contributed by atoms with Crippen molar-refractivity contribution >= 4 is 5.91 Å². The second-order valence-electron chi connectivity index (χ2n) is 6.55. The number of likely N-dealkylation sites (N-methyl/N-ethyl adjacent to an activating group) is 1. The van der Waals surface area contributed by atoms with E-state index >= 15 is 0 Å². The van der Waals surface area contributed by atoms with Crippen LogP contribution in [0.15, 0.2) is 0 Å². The van der Waals surface area contributed by atoms with Crippen LogP contribution in [0.25, 0.3) is 0 Å². The Hall–Kier alpha value is -0.610. The van der Waals surface area contributed by atoms with Crippen molar-refractivity contribution in [2.24, 2.45) is 17.1 Å². The number of rotatable bonds is 5. The predicted molar refractivity (Wildman–Crippen MR) is 73.2 cm³/mol. The van der Waals surface area contributed by atoms with E-state index in [1.807, 2.05) is 7.05 Å². The summed E-state index contributed by atoms with van der Waals surface area (Å²) in [6.45, 7) is 8.37. The highest BCUT2D eigenvalue weighted by Crippen LogP contribution is 2.25. The molecule has 4 nitrogen and oxygen atoms in total. The predicted octanol–water partition coefficient (Wildman–Crippen LogP) is 1.63. The first kappa shape index (κ1) is 15.4. The van der Waals surface area contributed by atoms with Gasteiger partial charge in [-0.2, -0.15) is 0 Å². The molecule has 1 aliphatic heterocycles. The highest BCUT2D eigenvalue weighted by Gasteiger charge is 2.28. The summed E-state index contributed by atoms with van der Waals surface area (Å²) in [5.41, 5.74) is 5.88. The van der Waals surface area contributed by atoms with Crippen LogP contribution in [-0.2, 0) is 9.53 Å². The van der Waals surface area contributed by atoms with Gasteiger partial charge in [-0.1, -0.05) is 20.8 Å². The van der Waals surface area contributed by atoms with E-state index < -0.39 is 0 Å². The maximum absolute atomic E-state index is 12.3. The molecule has 106 valence electrons. The number of hydrogen-bond donors (Lipinski definition) is 1. The largest absolute Gasteiger partial charge is 0.376 e. The highest BCUT2D eigenvalue weighted by atomic mass is 16.5. The number of carbonyl (C=O) groups excluding carboxylic acids is 1. The van der Waals surface area contributed by atoms with Gasteiger partial charge in [0.25, 0.3) is 0 Å². The van der Waals surface area contributed by atoms with Crippen molar-refractivity contribution in [1.29, 1.82) is 0 Å². The third-order valence-electron chi connectivity index (χ3n) is 3.37. The zero-order valence-corrected chi connectivity index (χ0v) is 12.2. The lowest BCUT2D eigenvalue weighted by atomic mass is 9.84. The molecule has 0 spiro atoms. The molecule has 1 heterocycles. The van der Waals surface area contributed by atoms with E-state index in [2.05, 4.69) is 20.8 Å². The fourth-order valence-electron chi connectivity index (χ4n) is 2.51. The van der Waals surface area contributed by atoms with Gasteiger partial charge in [-0.05, 0) is 24.7 Å². The summed E-state index contributed by atoms with van der Waals surface area (Å²) >= 11 is 0. The first-order valence-corrected chi connectivity index (χ1v) is 6.90. The van der Waals surface area contributed by atoms with Crippen molar-refractivity contribution in [3.63, 3.8) is 0 Å². The standard InChI is InChI=1S/C14H28N2O2/c1-14(2,3)8-11(9-15)13(17)16(4)10-12-6-5-7-18-12/h11-12H,5-10,15H2,1-4H3. The second kappa shape index (κ2) is 6.53. The third-order valence-corrected chi connectivity index (χ3v) is 3.37. The number of carbonyl (C=O) groups is 1. The van der Waals surface area contributed by atoms with E-state index in [4.69, 9.17) is 10.5 Å². The van der Waals surface area contributed by atoms with Gasteiger partial charge in [0.2, 0.25) is 5.91 Å². The van der Waals surface area contributed by atoms with Crippen molar-refractivity contribution in [2.75, 3.05) is 26.7 Å². The molecule has 2 N–H and O–H groups in total. The third kappa shape index (κ3) is 4.94. The Morgan fingerprint density at radius 1 is 1.50 bits per heavy atom. The van der Waals surface area contributed by atoms with Crippen LogP contribution in [0.4, 0.5) is 0 Å². The van der Waals surface area contributed by atoms with Crippen LogP contribution in [-0.4, -0.2) is 43.7 Å². The smallest absolute Gasteiger partial charge is 0.226 e. The molecule has 1 rings (SSSR count). The number of amides is 1. The average molecular weight is 256 g/mol. The van der Waals surface area contributed by atoms with Crippen molar-refractivity contribution in [2.45, 2.75) is 46.1 Å². The van der Waals surface area contributed by atoms with Crippen molar-refractivity contribution in [1.82, 2.24) is 4.90 Å². The van der Waals surface area contributed by atoms with Gasteiger partial charge in [0.05, 0.1) is 12.0 Å². The Bertz CT molecular complexity index is 267. The molecule has 1 aliphatic rings. The molecule has 0 saturated carbocycles. The Kier molecular flexibility index (Phi) is 5.60. The van der Waals surface area contributed by atoms with Gasteiger partial charge in [-0.25, -0.2) is 0 Å². The minimum atomic E-state index is -0.0728. The summed E-state index contributed by atoms with van der Waals surface area (Å²) in [6.07, 6.45) is 3.21. The molecule has 0 aliphatic carbocycles. The Morgan fingerprint density at radius 3 is 2.61 bits per heavy atom. The van der Waals surface area contributed by atoms with Gasteiger partial charge >= 0.3 is 0 Å². The van der Waals surface area contributed by atoms with E-state index in [1.165, 1.54) is 0 Å². The van der Waals surface area contributed by atoms with E-state index in [-0.39, 0.29) is 23.3 Å². The number of hydrogen-bond acceptors (Lipinski definition) is 3. The first-order valence-electron chi connectivity index (χ1n) is 6.90. The Balaban J connectivity index is 2.48. The molecule has 1 amide bonds. The fraction of sp³-hybridized carbons (Fsp3) is 0.929. The molecule has 0 bridgehead atoms. The zero-order chi connectivity index (χ0) is 13.8. The van der Waals surface area contributed by atoms with Gasteiger partial charge in [0, 0.05) is 26.7 Å². The van der Waals surface area contributed by atoms with E-state index in [9.17, 15) is 4.79 Å². The van der Waals surface area contributed by atoms with Crippen LogP contribution in [0, 0.1) is 11.3 Å². The number of nitrogens with two attached hydrogens (primary N) is 1. The van der Waals surface area contributed by atoms with E-state index in [1.54, 1.807) is 4.90 Å². The van der Waals surface area contributed by atoms with Gasteiger partial charge in [0.15, 0.2) is 0 Å². The normalized spacial score (nSPS) is 21.9. The molecule has 0 radical (unpaired) electrons. The molecule has 18 heavy (non-hydrogen) atoms. The molecule has 0 aromatic carbocycles. The molecule has 1 fully saturated rings. The second-order valence-corrected chi connectivity index (χ2v) is 6.55. The lowest BCUT2D eigenvalue weighted by molar-refractivity contribution is -0.136. The van der Waals surface area contributed by atoms with Crippen LogP contribution in [0.5, 0.6) is 0 Å². The summed E-state index contributed by atoms with van der Waals surface area (Å²) < 4.78 is 5.56. The minimum Gasteiger partial charge on any atom is -0.376 e. The monoisotopic (exact) mass is 256 g/mol. The summed E-state index contributed by atoms with van der Waals surface area (Å²) in [7, 11) is 1.86. The van der Waals surface area contributed by atoms with Crippen molar-refractivity contribution in [3.8, 4) is 0 Å². The molecule has 0 aromatic rings. The lowest BCUT2D eigenvalue weighted by Crippen LogP contribution is -2.41. The molecular weight excluding hydrogens is 228 g/mol. The fourth-order valence-corrected chi connectivity index (χ4v) is 2.51. The Labute approximate surface area is 111 Å². The zero-order valence-electron chi connectivity index (χ0n) is 12.2. The van der Waals surface area contributed by atoms with Crippen molar-refractivity contribution in [3.05, 3.63) is 0 Å². The quantitative estimate of drug-likeness (QED) is 0.813. The first-order chi connectivity index (χ1) is 8.33. The Morgan fingerprint density at radius 2 is 2.17 bits per heavy atom. The molecule has 1 saturated heterocycles. The molecule has 0 aromatic heterocycles. The van der Waals surface area contributed by atoms with E-state index in [0.717, 1.165) is 25.9 Å². The summed E-state index contributed by atoms with van der Waals surface area (Å²) in [6, 6.07) is 0. The van der Waals surface area contributed by atoms with Gasteiger partial charge in [0.1, 0.15) is 0 Å². The SMILES string of the molecule is CN(CC1CCCO1)C(=O)C(CN)CC(C)(C)C. The van der Waals surface area contributed by atoms with Crippen LogP contribution >= 0.6 is 0 Å². The molecule has 4 heteroatoms. The lowest BCUT2D eigenvalue weighted by Gasteiger charge is -2.29.